The average Bonchev–Trinajstić information content (AvgIpc) is 3.05. The molecule has 2 aromatic carbocycles. The molecule has 2 unspecified atom stereocenters. The molecule has 3 aromatic rings. The molecule has 2 atom stereocenters. The Labute approximate surface area is 190 Å². The first-order chi connectivity index (χ1) is 15.0. The van der Waals surface area contributed by atoms with Crippen molar-refractivity contribution in [2.45, 2.75) is 51.9 Å². The zero-order chi connectivity index (χ0) is 23.2. The molecule has 0 aliphatic carbocycles. The highest BCUT2D eigenvalue weighted by molar-refractivity contribution is 7.19. The number of nitrogens with zero attached hydrogens (tertiary/aromatic N) is 1. The number of alkyl halides is 1. The molecular formula is C26H26F3NOS. The number of rotatable bonds is 5. The van der Waals surface area contributed by atoms with Crippen LogP contribution in [0.1, 0.15) is 55.3 Å². The molecule has 0 radical (unpaired) electrons. The van der Waals surface area contributed by atoms with Crippen molar-refractivity contribution >= 4 is 33.3 Å². The minimum absolute atomic E-state index is 0.0530. The Balaban J connectivity index is 1.92. The lowest BCUT2D eigenvalue weighted by Crippen LogP contribution is -2.47. The number of fused-ring (bicyclic) bond motifs is 3. The van der Waals surface area contributed by atoms with Crippen molar-refractivity contribution in [3.05, 3.63) is 75.7 Å². The fourth-order valence-electron chi connectivity index (χ4n) is 4.52. The van der Waals surface area contributed by atoms with E-state index in [1.54, 1.807) is 0 Å². The molecule has 0 bridgehead atoms. The third-order valence-corrected chi connectivity index (χ3v) is 7.08. The van der Waals surface area contributed by atoms with Gasteiger partial charge in [0.25, 0.3) is 0 Å². The van der Waals surface area contributed by atoms with E-state index in [0.717, 1.165) is 20.5 Å². The van der Waals surface area contributed by atoms with Gasteiger partial charge in [-0.2, -0.15) is 0 Å². The molecule has 1 aromatic heterocycles. The third kappa shape index (κ3) is 4.39. The van der Waals surface area contributed by atoms with Gasteiger partial charge in [0.2, 0.25) is 0 Å². The number of carbonyl (C=O) groups excluding carboxylic acids is 1. The second-order valence-electron chi connectivity index (χ2n) is 9.13. The zero-order valence-electron chi connectivity index (χ0n) is 18.6. The SMILES string of the molecule is CC(=O)/C=C/c1cc(F)c(C2c3sc4ccccc4c3CC(C)N2CC(C)(C)F)c(F)c1. The van der Waals surface area contributed by atoms with Crippen LogP contribution in [0.3, 0.4) is 0 Å². The average molecular weight is 458 g/mol. The number of carbonyl (C=O) groups is 1. The fraction of sp³-hybridized carbons (Fsp3) is 0.346. The molecular weight excluding hydrogens is 431 g/mol. The quantitative estimate of drug-likeness (QED) is 0.390. The second kappa shape index (κ2) is 8.49. The maximum Gasteiger partial charge on any atom is 0.152 e. The molecule has 4 rings (SSSR count). The highest BCUT2D eigenvalue weighted by Crippen LogP contribution is 2.47. The summed E-state index contributed by atoms with van der Waals surface area (Å²) in [5.41, 5.74) is -0.252. The summed E-state index contributed by atoms with van der Waals surface area (Å²) >= 11 is 1.51. The summed E-state index contributed by atoms with van der Waals surface area (Å²) in [4.78, 5) is 14.0. The highest BCUT2D eigenvalue weighted by Gasteiger charge is 2.40. The highest BCUT2D eigenvalue weighted by atomic mass is 32.1. The van der Waals surface area contributed by atoms with Crippen LogP contribution < -0.4 is 0 Å². The van der Waals surface area contributed by atoms with Crippen LogP contribution in [-0.2, 0) is 11.2 Å². The second-order valence-corrected chi connectivity index (χ2v) is 10.2. The molecule has 0 saturated carbocycles. The fourth-order valence-corrected chi connectivity index (χ4v) is 5.89. The number of hydrogen-bond donors (Lipinski definition) is 0. The predicted molar refractivity (Wildman–Crippen MR) is 125 cm³/mol. The summed E-state index contributed by atoms with van der Waals surface area (Å²) < 4.78 is 46.7. The molecule has 6 heteroatoms. The lowest BCUT2D eigenvalue weighted by Gasteiger charge is -2.43. The standard InChI is InChI=1S/C26H26F3NOS/c1-15-11-19-18-7-5-6-8-22(18)32-25(19)24(30(15)14-26(3,4)29)23-20(27)12-17(13-21(23)28)10-9-16(2)31/h5-10,12-13,15,24H,11,14H2,1-4H3/b10-9+. The summed E-state index contributed by atoms with van der Waals surface area (Å²) in [6, 6.07) is 9.60. The molecule has 32 heavy (non-hydrogen) atoms. The number of thiophene rings is 1. The Morgan fingerprint density at radius 2 is 1.88 bits per heavy atom. The topological polar surface area (TPSA) is 20.3 Å². The van der Waals surface area contributed by atoms with Gasteiger partial charge < -0.3 is 0 Å². The van der Waals surface area contributed by atoms with Crippen LogP contribution in [0.15, 0.2) is 42.5 Å². The molecule has 0 N–H and O–H groups in total. The van der Waals surface area contributed by atoms with Gasteiger partial charge in [0.05, 0.1) is 6.04 Å². The summed E-state index contributed by atoms with van der Waals surface area (Å²) in [5, 5.41) is 1.09. The number of ketones is 1. The van der Waals surface area contributed by atoms with Gasteiger partial charge in [-0.25, -0.2) is 13.2 Å². The monoisotopic (exact) mass is 457 g/mol. The van der Waals surface area contributed by atoms with Crippen LogP contribution in [-0.4, -0.2) is 28.9 Å². The summed E-state index contributed by atoms with van der Waals surface area (Å²) in [6.07, 6.45) is 3.36. The zero-order valence-corrected chi connectivity index (χ0v) is 19.4. The first-order valence-corrected chi connectivity index (χ1v) is 11.5. The lowest BCUT2D eigenvalue weighted by atomic mass is 9.87. The minimum Gasteiger partial charge on any atom is -0.295 e. The molecule has 0 fully saturated rings. The molecule has 1 aliphatic heterocycles. The predicted octanol–water partition coefficient (Wildman–Crippen LogP) is 6.87. The van der Waals surface area contributed by atoms with Crippen LogP contribution in [0.4, 0.5) is 13.2 Å². The van der Waals surface area contributed by atoms with Gasteiger partial charge in [-0.3, -0.25) is 9.69 Å². The Morgan fingerprint density at radius 1 is 1.22 bits per heavy atom. The van der Waals surface area contributed by atoms with Crippen molar-refractivity contribution in [2.24, 2.45) is 0 Å². The van der Waals surface area contributed by atoms with Crippen molar-refractivity contribution in [3.8, 4) is 0 Å². The lowest BCUT2D eigenvalue weighted by molar-refractivity contribution is -0.112. The van der Waals surface area contributed by atoms with Gasteiger partial charge in [0.1, 0.15) is 17.3 Å². The van der Waals surface area contributed by atoms with E-state index in [4.69, 9.17) is 0 Å². The van der Waals surface area contributed by atoms with E-state index in [9.17, 15) is 9.18 Å². The van der Waals surface area contributed by atoms with E-state index in [1.165, 1.54) is 56.4 Å². The number of allylic oxidation sites excluding steroid dienone is 1. The van der Waals surface area contributed by atoms with Crippen LogP contribution in [0.2, 0.25) is 0 Å². The van der Waals surface area contributed by atoms with Crippen LogP contribution in [0, 0.1) is 11.6 Å². The van der Waals surface area contributed by atoms with Crippen LogP contribution in [0.25, 0.3) is 16.2 Å². The summed E-state index contributed by atoms with van der Waals surface area (Å²) in [7, 11) is 0. The van der Waals surface area contributed by atoms with E-state index in [-0.39, 0.29) is 29.5 Å². The van der Waals surface area contributed by atoms with Crippen molar-refractivity contribution in [1.29, 1.82) is 0 Å². The first-order valence-electron chi connectivity index (χ1n) is 10.7. The Kier molecular flexibility index (Phi) is 6.03. The van der Waals surface area contributed by atoms with E-state index in [2.05, 4.69) is 0 Å². The molecule has 2 nitrogen and oxygen atoms in total. The van der Waals surface area contributed by atoms with Crippen molar-refractivity contribution in [3.63, 3.8) is 0 Å². The van der Waals surface area contributed by atoms with Gasteiger partial charge in [0, 0.05) is 27.7 Å². The van der Waals surface area contributed by atoms with Gasteiger partial charge >= 0.3 is 0 Å². The van der Waals surface area contributed by atoms with Crippen molar-refractivity contribution in [2.75, 3.05) is 6.54 Å². The number of halogens is 3. The van der Waals surface area contributed by atoms with Crippen LogP contribution >= 0.6 is 11.3 Å². The molecule has 1 aliphatic rings. The normalized spacial score (nSPS) is 19.6. The van der Waals surface area contributed by atoms with E-state index in [1.807, 2.05) is 36.1 Å². The Hall–Kier alpha value is -2.44. The van der Waals surface area contributed by atoms with Gasteiger partial charge in [-0.1, -0.05) is 24.3 Å². The molecule has 0 amide bonds. The summed E-state index contributed by atoms with van der Waals surface area (Å²) in [5.74, 6) is -1.60. The van der Waals surface area contributed by atoms with E-state index >= 15 is 8.78 Å². The minimum atomic E-state index is -1.53. The van der Waals surface area contributed by atoms with Crippen molar-refractivity contribution < 1.29 is 18.0 Å². The largest absolute Gasteiger partial charge is 0.295 e. The third-order valence-electron chi connectivity index (χ3n) is 5.82. The maximum atomic E-state index is 15.4. The molecule has 0 saturated heterocycles. The van der Waals surface area contributed by atoms with Gasteiger partial charge in [-0.15, -0.1) is 11.3 Å². The molecule has 168 valence electrons. The van der Waals surface area contributed by atoms with E-state index < -0.39 is 23.3 Å². The summed E-state index contributed by atoms with van der Waals surface area (Å²) in [6.45, 7) is 6.38. The number of benzene rings is 2. The van der Waals surface area contributed by atoms with E-state index in [0.29, 0.717) is 6.42 Å². The van der Waals surface area contributed by atoms with Crippen molar-refractivity contribution in [1.82, 2.24) is 4.90 Å². The molecule has 0 spiro atoms. The Bertz CT molecular complexity index is 1180. The number of hydrogen-bond acceptors (Lipinski definition) is 3. The van der Waals surface area contributed by atoms with Gasteiger partial charge in [-0.05, 0) is 74.9 Å². The molecule has 2 heterocycles. The van der Waals surface area contributed by atoms with Gasteiger partial charge in [0.15, 0.2) is 5.78 Å². The smallest absolute Gasteiger partial charge is 0.152 e. The Morgan fingerprint density at radius 3 is 2.50 bits per heavy atom. The van der Waals surface area contributed by atoms with Crippen LogP contribution in [0.5, 0.6) is 0 Å². The first kappa shape index (κ1) is 22.7. The maximum absolute atomic E-state index is 15.4.